The quantitative estimate of drug-likeness (QED) is 0.393. The van der Waals surface area contributed by atoms with Crippen LogP contribution in [0, 0.1) is 0 Å². The minimum absolute atomic E-state index is 0.218. The van der Waals surface area contributed by atoms with Crippen molar-refractivity contribution in [3.8, 4) is 0 Å². The van der Waals surface area contributed by atoms with Crippen LogP contribution in [0.25, 0.3) is 0 Å². The summed E-state index contributed by atoms with van der Waals surface area (Å²) in [4.78, 5) is 0.218. The van der Waals surface area contributed by atoms with Crippen LogP contribution in [0.3, 0.4) is 0 Å². The van der Waals surface area contributed by atoms with Crippen LogP contribution in [-0.4, -0.2) is 24.7 Å². The van der Waals surface area contributed by atoms with E-state index in [1.165, 1.54) is 12.1 Å². The van der Waals surface area contributed by atoms with Gasteiger partial charge in [-0.25, -0.2) is 13.1 Å². The Bertz CT molecular complexity index is 622. The molecule has 1 aromatic heterocycles. The van der Waals surface area contributed by atoms with E-state index in [-0.39, 0.29) is 4.90 Å². The summed E-state index contributed by atoms with van der Waals surface area (Å²) in [5, 5.41) is 4.05. The highest BCUT2D eigenvalue weighted by Gasteiger charge is 2.12. The number of hydrogen-bond acceptors (Lipinski definition) is 5. The highest BCUT2D eigenvalue weighted by atomic mass is 32.2. The van der Waals surface area contributed by atoms with Crippen molar-refractivity contribution in [3.05, 3.63) is 42.7 Å². The number of aryl methyl sites for hydroxylation is 1. The smallest absolute Gasteiger partial charge is 0.240 e. The Hall–Kier alpha value is -1.90. The van der Waals surface area contributed by atoms with Crippen molar-refractivity contribution >= 4 is 15.7 Å². The lowest BCUT2D eigenvalue weighted by Gasteiger charge is -2.07. The van der Waals surface area contributed by atoms with Gasteiger partial charge in [-0.15, -0.1) is 0 Å². The molecule has 0 fully saturated rings. The molecule has 0 amide bonds. The third-order valence-electron chi connectivity index (χ3n) is 2.75. The number of rotatable bonds is 7. The fourth-order valence-corrected chi connectivity index (χ4v) is 2.77. The van der Waals surface area contributed by atoms with Crippen molar-refractivity contribution in [2.75, 3.05) is 12.0 Å². The molecule has 0 atom stereocenters. The number of benzene rings is 1. The van der Waals surface area contributed by atoms with Crippen LogP contribution in [0.2, 0.25) is 0 Å². The van der Waals surface area contributed by atoms with E-state index in [0.717, 1.165) is 0 Å². The van der Waals surface area contributed by atoms with E-state index in [9.17, 15) is 8.42 Å². The van der Waals surface area contributed by atoms with Crippen molar-refractivity contribution in [3.63, 3.8) is 0 Å². The molecule has 0 saturated carbocycles. The fraction of sp³-hybridized carbons (Fsp3) is 0.250. The molecule has 2 aromatic rings. The number of sulfonamides is 1. The van der Waals surface area contributed by atoms with Gasteiger partial charge < -0.3 is 5.43 Å². The van der Waals surface area contributed by atoms with Gasteiger partial charge in [0.2, 0.25) is 10.0 Å². The number of nitrogens with two attached hydrogens (primary N) is 1. The van der Waals surface area contributed by atoms with Gasteiger partial charge in [0.1, 0.15) is 0 Å². The molecule has 4 N–H and O–H groups in total. The summed E-state index contributed by atoms with van der Waals surface area (Å²) in [5.41, 5.74) is 3.10. The number of aromatic nitrogens is 2. The summed E-state index contributed by atoms with van der Waals surface area (Å²) in [7, 11) is -3.47. The lowest BCUT2D eigenvalue weighted by Crippen LogP contribution is -2.25. The molecular formula is C12H17N5O2S. The van der Waals surface area contributed by atoms with Gasteiger partial charge in [0.25, 0.3) is 0 Å². The van der Waals surface area contributed by atoms with Crippen molar-refractivity contribution in [1.29, 1.82) is 0 Å². The Kier molecular flexibility index (Phi) is 4.72. The monoisotopic (exact) mass is 295 g/mol. The predicted octanol–water partition coefficient (Wildman–Crippen LogP) is 0.537. The van der Waals surface area contributed by atoms with Gasteiger partial charge in [-0.3, -0.25) is 10.5 Å². The Morgan fingerprint density at radius 3 is 2.60 bits per heavy atom. The van der Waals surface area contributed by atoms with Crippen molar-refractivity contribution in [2.45, 2.75) is 17.9 Å². The first kappa shape index (κ1) is 14.5. The second-order valence-electron chi connectivity index (χ2n) is 4.19. The predicted molar refractivity (Wildman–Crippen MR) is 76.3 cm³/mol. The van der Waals surface area contributed by atoms with Gasteiger partial charge in [-0.1, -0.05) is 0 Å². The summed E-state index contributed by atoms with van der Waals surface area (Å²) >= 11 is 0. The van der Waals surface area contributed by atoms with Crippen LogP contribution in [0.5, 0.6) is 0 Å². The first-order valence-electron chi connectivity index (χ1n) is 6.15. The maximum Gasteiger partial charge on any atom is 0.240 e. The van der Waals surface area contributed by atoms with Gasteiger partial charge in [0, 0.05) is 31.2 Å². The molecule has 0 bridgehead atoms. The van der Waals surface area contributed by atoms with Crippen LogP contribution in [0.4, 0.5) is 5.69 Å². The third kappa shape index (κ3) is 3.80. The van der Waals surface area contributed by atoms with Gasteiger partial charge in [-0.05, 0) is 36.8 Å². The van der Waals surface area contributed by atoms with Gasteiger partial charge in [0.05, 0.1) is 4.90 Å². The van der Waals surface area contributed by atoms with Crippen molar-refractivity contribution in [1.82, 2.24) is 14.5 Å². The minimum Gasteiger partial charge on any atom is -0.324 e. The zero-order valence-electron chi connectivity index (χ0n) is 10.9. The van der Waals surface area contributed by atoms with Crippen LogP contribution in [0.15, 0.2) is 47.6 Å². The number of hydrazine groups is 1. The van der Waals surface area contributed by atoms with Crippen LogP contribution in [-0.2, 0) is 16.6 Å². The number of hydrogen-bond donors (Lipinski definition) is 3. The fourth-order valence-electron chi connectivity index (χ4n) is 1.69. The number of nitrogen functional groups attached to an aromatic ring is 1. The van der Waals surface area contributed by atoms with Crippen LogP contribution < -0.4 is 16.0 Å². The standard InChI is InChI=1S/C12H17N5O2S/c13-16-11-3-5-12(6-4-11)20(18,19)15-8-2-10-17-9-1-7-14-17/h1,3-7,9,15-16H,2,8,10,13H2. The maximum atomic E-state index is 12.0. The highest BCUT2D eigenvalue weighted by Crippen LogP contribution is 2.12. The normalized spacial score (nSPS) is 11.4. The summed E-state index contributed by atoms with van der Waals surface area (Å²) in [6.07, 6.45) is 4.20. The molecule has 0 aliphatic rings. The van der Waals surface area contributed by atoms with E-state index in [0.29, 0.717) is 25.2 Å². The van der Waals surface area contributed by atoms with Gasteiger partial charge in [-0.2, -0.15) is 5.10 Å². The summed E-state index contributed by atoms with van der Waals surface area (Å²) < 4.78 is 28.3. The second kappa shape index (κ2) is 6.51. The largest absolute Gasteiger partial charge is 0.324 e. The molecule has 1 aromatic carbocycles. The van der Waals surface area contributed by atoms with E-state index in [2.05, 4.69) is 15.2 Å². The maximum absolute atomic E-state index is 12.0. The molecule has 0 saturated heterocycles. The van der Waals surface area contributed by atoms with E-state index in [1.54, 1.807) is 23.0 Å². The highest BCUT2D eigenvalue weighted by molar-refractivity contribution is 7.89. The molecule has 7 nitrogen and oxygen atoms in total. The Balaban J connectivity index is 1.86. The Morgan fingerprint density at radius 1 is 1.25 bits per heavy atom. The van der Waals surface area contributed by atoms with E-state index < -0.39 is 10.0 Å². The third-order valence-corrected chi connectivity index (χ3v) is 4.22. The topological polar surface area (TPSA) is 102 Å². The Morgan fingerprint density at radius 2 is 2.00 bits per heavy atom. The molecule has 108 valence electrons. The lowest BCUT2D eigenvalue weighted by atomic mass is 10.3. The molecule has 20 heavy (non-hydrogen) atoms. The van der Waals surface area contributed by atoms with Gasteiger partial charge >= 0.3 is 0 Å². The van der Waals surface area contributed by atoms with E-state index in [4.69, 9.17) is 5.84 Å². The average Bonchev–Trinajstić information content (AvgIpc) is 2.97. The molecule has 0 aliphatic carbocycles. The Labute approximate surface area is 117 Å². The summed E-state index contributed by atoms with van der Waals surface area (Å²) in [5.74, 6) is 5.23. The molecule has 8 heteroatoms. The summed E-state index contributed by atoms with van der Waals surface area (Å²) in [6, 6.07) is 8.06. The SMILES string of the molecule is NNc1ccc(S(=O)(=O)NCCCn2cccn2)cc1. The van der Waals surface area contributed by atoms with Crippen molar-refractivity contribution < 1.29 is 8.42 Å². The molecular weight excluding hydrogens is 278 g/mol. The van der Waals surface area contributed by atoms with Gasteiger partial charge in [0.15, 0.2) is 0 Å². The molecule has 0 radical (unpaired) electrons. The average molecular weight is 295 g/mol. The molecule has 2 rings (SSSR count). The number of nitrogens with zero attached hydrogens (tertiary/aromatic N) is 2. The molecule has 0 unspecified atom stereocenters. The van der Waals surface area contributed by atoms with E-state index >= 15 is 0 Å². The van der Waals surface area contributed by atoms with Crippen LogP contribution in [0.1, 0.15) is 6.42 Å². The second-order valence-corrected chi connectivity index (χ2v) is 5.96. The molecule has 0 aliphatic heterocycles. The van der Waals surface area contributed by atoms with Crippen LogP contribution >= 0.6 is 0 Å². The lowest BCUT2D eigenvalue weighted by molar-refractivity contribution is 0.553. The number of anilines is 1. The first-order chi connectivity index (χ1) is 9.62. The van der Waals surface area contributed by atoms with E-state index in [1.807, 2.05) is 12.3 Å². The first-order valence-corrected chi connectivity index (χ1v) is 7.64. The summed E-state index contributed by atoms with van der Waals surface area (Å²) in [6.45, 7) is 1.03. The number of nitrogens with one attached hydrogen (secondary N) is 2. The van der Waals surface area contributed by atoms with Crippen molar-refractivity contribution in [2.24, 2.45) is 5.84 Å². The zero-order valence-corrected chi connectivity index (χ0v) is 11.7. The molecule has 1 heterocycles. The minimum atomic E-state index is -3.47. The zero-order chi connectivity index (χ0) is 14.4. The molecule has 0 spiro atoms.